The van der Waals surface area contributed by atoms with Gasteiger partial charge >= 0.3 is 5.97 Å². The third kappa shape index (κ3) is 6.73. The van der Waals surface area contributed by atoms with Crippen molar-refractivity contribution in [2.75, 3.05) is 39.7 Å². The molecule has 0 bridgehead atoms. The molecule has 4 aromatic rings. The number of nitrogens with zero attached hydrogens (tertiary/aromatic N) is 3. The second-order valence-corrected chi connectivity index (χ2v) is 9.79. The number of aromatic hydroxyl groups is 1. The van der Waals surface area contributed by atoms with E-state index < -0.39 is 5.82 Å². The van der Waals surface area contributed by atoms with Crippen LogP contribution in [0.25, 0.3) is 10.9 Å². The Hall–Kier alpha value is -4.50. The number of aryl methyl sites for hydroxylation is 1. The molecule has 0 atom stereocenters. The first kappa shape index (κ1) is 28.5. The number of esters is 1. The molecule has 0 aliphatic rings. The van der Waals surface area contributed by atoms with Crippen molar-refractivity contribution in [3.63, 3.8) is 0 Å². The second-order valence-electron chi connectivity index (χ2n) is 9.79. The van der Waals surface area contributed by atoms with Gasteiger partial charge in [0.1, 0.15) is 5.82 Å². The van der Waals surface area contributed by atoms with Crippen LogP contribution in [-0.4, -0.2) is 67.4 Å². The van der Waals surface area contributed by atoms with Gasteiger partial charge in [0, 0.05) is 43.1 Å². The van der Waals surface area contributed by atoms with Gasteiger partial charge in [-0.05, 0) is 68.5 Å². The van der Waals surface area contributed by atoms with Crippen LogP contribution in [0.1, 0.15) is 29.5 Å². The number of fused-ring (bicyclic) bond motifs is 1. The Morgan fingerprint density at radius 2 is 1.68 bits per heavy atom. The predicted molar refractivity (Wildman–Crippen MR) is 155 cm³/mol. The normalized spacial score (nSPS) is 11.7. The molecule has 4 rings (SSSR count). The summed E-state index contributed by atoms with van der Waals surface area (Å²) in [5.41, 5.74) is 4.40. The molecule has 0 spiro atoms. The van der Waals surface area contributed by atoms with Crippen LogP contribution in [0.15, 0.2) is 71.7 Å². The zero-order chi connectivity index (χ0) is 28.8. The Kier molecular flexibility index (Phi) is 8.96. The Bertz CT molecular complexity index is 1530. The van der Waals surface area contributed by atoms with E-state index in [1.807, 2.05) is 55.4 Å². The van der Waals surface area contributed by atoms with Crippen LogP contribution >= 0.6 is 0 Å². The van der Waals surface area contributed by atoms with Gasteiger partial charge in [-0.1, -0.05) is 24.3 Å². The van der Waals surface area contributed by atoms with Crippen LogP contribution in [0, 0.1) is 5.82 Å². The summed E-state index contributed by atoms with van der Waals surface area (Å²) in [7, 11) is 6.96. The minimum atomic E-state index is -0.423. The third-order valence-corrected chi connectivity index (χ3v) is 6.68. The van der Waals surface area contributed by atoms with Crippen molar-refractivity contribution in [2.45, 2.75) is 19.3 Å². The Labute approximate surface area is 232 Å². The lowest BCUT2D eigenvalue weighted by molar-refractivity contribution is -0.140. The van der Waals surface area contributed by atoms with E-state index in [9.17, 15) is 19.1 Å². The molecule has 1 aromatic heterocycles. The van der Waals surface area contributed by atoms with Gasteiger partial charge in [0.25, 0.3) is 0 Å². The molecule has 1 amide bonds. The minimum Gasteiger partial charge on any atom is -0.494 e. The van der Waals surface area contributed by atoms with Gasteiger partial charge < -0.3 is 24.6 Å². The van der Waals surface area contributed by atoms with Crippen LogP contribution < -0.4 is 4.90 Å². The van der Waals surface area contributed by atoms with Gasteiger partial charge in [0.2, 0.25) is 5.91 Å². The Morgan fingerprint density at radius 1 is 0.975 bits per heavy atom. The van der Waals surface area contributed by atoms with E-state index in [0.29, 0.717) is 47.3 Å². The van der Waals surface area contributed by atoms with E-state index in [-0.39, 0.29) is 24.2 Å². The summed E-state index contributed by atoms with van der Waals surface area (Å²) in [5, 5.41) is 11.5. The van der Waals surface area contributed by atoms with Crippen LogP contribution in [-0.2, 0) is 20.7 Å². The number of hydrogen-bond acceptors (Lipinski definition) is 6. The van der Waals surface area contributed by atoms with Crippen molar-refractivity contribution in [2.24, 2.45) is 4.99 Å². The van der Waals surface area contributed by atoms with Crippen LogP contribution in [0.2, 0.25) is 0 Å². The monoisotopic (exact) mass is 544 g/mol. The lowest BCUT2D eigenvalue weighted by Gasteiger charge is -2.19. The number of aliphatic imine (C=N–C) groups is 1. The second kappa shape index (κ2) is 12.6. The van der Waals surface area contributed by atoms with E-state index in [0.717, 1.165) is 16.8 Å². The fraction of sp³-hybridized carbons (Fsp3) is 0.258. The maximum Gasteiger partial charge on any atom is 0.305 e. The first-order valence-corrected chi connectivity index (χ1v) is 12.9. The van der Waals surface area contributed by atoms with Gasteiger partial charge in [-0.2, -0.15) is 0 Å². The number of rotatable bonds is 10. The van der Waals surface area contributed by atoms with Gasteiger partial charge in [-0.15, -0.1) is 0 Å². The average Bonchev–Trinajstić information content (AvgIpc) is 3.27. The summed E-state index contributed by atoms with van der Waals surface area (Å²) in [4.78, 5) is 35.4. The highest BCUT2D eigenvalue weighted by molar-refractivity contribution is 6.21. The molecule has 40 heavy (non-hydrogen) atoms. The standard InChI is InChI=1S/C31H33FN4O4/c1-35(2)18-17-27(37)36(3)24-13-11-23(12-14-24)33-30(21-8-5-20(6-9-21)7-16-28(38)40-4)29-25-15-10-22(32)19-26(25)34-31(29)39/h5-6,8-15,19,34,39H,7,16-18H2,1-4H3. The van der Waals surface area contributed by atoms with E-state index in [1.165, 1.54) is 19.2 Å². The number of carbonyl (C=O) groups is 2. The number of H-pyrrole nitrogens is 1. The number of nitrogens with one attached hydrogen (secondary N) is 1. The number of carbonyl (C=O) groups excluding carboxylic acids is 2. The molecular weight excluding hydrogens is 511 g/mol. The molecule has 0 aliphatic carbocycles. The Balaban J connectivity index is 1.70. The molecule has 0 saturated carbocycles. The zero-order valence-electron chi connectivity index (χ0n) is 23.1. The van der Waals surface area contributed by atoms with Crippen molar-refractivity contribution in [1.29, 1.82) is 0 Å². The molecule has 0 aliphatic heterocycles. The maximum atomic E-state index is 13.9. The number of ether oxygens (including phenoxy) is 1. The number of halogens is 1. The minimum absolute atomic E-state index is 0.00822. The smallest absolute Gasteiger partial charge is 0.305 e. The number of hydrogen-bond donors (Lipinski definition) is 2. The molecule has 0 saturated heterocycles. The highest BCUT2D eigenvalue weighted by Gasteiger charge is 2.19. The fourth-order valence-corrected chi connectivity index (χ4v) is 4.35. The van der Waals surface area contributed by atoms with Crippen molar-refractivity contribution in [3.8, 4) is 5.88 Å². The molecule has 208 valence electrons. The first-order valence-electron chi connectivity index (χ1n) is 12.9. The Morgan fingerprint density at radius 3 is 2.33 bits per heavy atom. The van der Waals surface area contributed by atoms with Gasteiger partial charge in [-0.3, -0.25) is 9.59 Å². The summed E-state index contributed by atoms with van der Waals surface area (Å²) < 4.78 is 18.6. The van der Waals surface area contributed by atoms with Gasteiger partial charge in [0.05, 0.1) is 29.6 Å². The molecule has 8 nitrogen and oxygen atoms in total. The fourth-order valence-electron chi connectivity index (χ4n) is 4.35. The predicted octanol–water partition coefficient (Wildman–Crippen LogP) is 5.20. The average molecular weight is 545 g/mol. The molecule has 2 N–H and O–H groups in total. The molecule has 9 heteroatoms. The van der Waals surface area contributed by atoms with Crippen LogP contribution in [0.3, 0.4) is 0 Å². The highest BCUT2D eigenvalue weighted by atomic mass is 19.1. The number of aromatic amines is 1. The molecule has 1 heterocycles. The summed E-state index contributed by atoms with van der Waals surface area (Å²) in [6, 6.07) is 19.1. The van der Waals surface area contributed by atoms with E-state index in [4.69, 9.17) is 9.73 Å². The van der Waals surface area contributed by atoms with Crippen LogP contribution in [0.4, 0.5) is 15.8 Å². The summed E-state index contributed by atoms with van der Waals surface area (Å²) in [5.74, 6) is -0.824. The molecular formula is C31H33FN4O4. The quantitative estimate of drug-likeness (QED) is 0.211. The van der Waals surface area contributed by atoms with E-state index in [2.05, 4.69) is 4.98 Å². The highest BCUT2D eigenvalue weighted by Crippen LogP contribution is 2.32. The van der Waals surface area contributed by atoms with E-state index in [1.54, 1.807) is 30.1 Å². The van der Waals surface area contributed by atoms with Crippen molar-refractivity contribution < 1.29 is 23.8 Å². The van der Waals surface area contributed by atoms with E-state index >= 15 is 0 Å². The molecule has 0 unspecified atom stereocenters. The van der Waals surface area contributed by atoms with Crippen LogP contribution in [0.5, 0.6) is 5.88 Å². The maximum absolute atomic E-state index is 13.9. The number of methoxy groups -OCH3 is 1. The van der Waals surface area contributed by atoms with Crippen molar-refractivity contribution >= 4 is 39.9 Å². The lowest BCUT2D eigenvalue weighted by atomic mass is 9.98. The third-order valence-electron chi connectivity index (χ3n) is 6.68. The molecule has 0 fully saturated rings. The van der Waals surface area contributed by atoms with Gasteiger partial charge in [-0.25, -0.2) is 9.38 Å². The number of anilines is 1. The summed E-state index contributed by atoms with van der Waals surface area (Å²) in [6.07, 6.45) is 1.20. The number of amides is 1. The number of aromatic nitrogens is 1. The van der Waals surface area contributed by atoms with Crippen molar-refractivity contribution in [3.05, 3.63) is 89.2 Å². The summed E-state index contributed by atoms with van der Waals surface area (Å²) >= 11 is 0. The van der Waals surface area contributed by atoms with Crippen molar-refractivity contribution in [1.82, 2.24) is 9.88 Å². The lowest BCUT2D eigenvalue weighted by Crippen LogP contribution is -2.29. The summed E-state index contributed by atoms with van der Waals surface area (Å²) in [6.45, 7) is 0.661. The largest absolute Gasteiger partial charge is 0.494 e. The topological polar surface area (TPSA) is 98.2 Å². The molecule has 0 radical (unpaired) electrons. The van der Waals surface area contributed by atoms with Gasteiger partial charge in [0.15, 0.2) is 5.88 Å². The SMILES string of the molecule is COC(=O)CCc1ccc(C(=Nc2ccc(N(C)C(=O)CCN(C)C)cc2)c2c(O)[nH]c3cc(F)ccc23)cc1. The first-order chi connectivity index (χ1) is 19.2. The zero-order valence-corrected chi connectivity index (χ0v) is 23.1. The molecule has 3 aromatic carbocycles. The number of benzene rings is 3.